The summed E-state index contributed by atoms with van der Waals surface area (Å²) < 4.78 is 7.45. The molecule has 0 aliphatic carbocycles. The van der Waals surface area contributed by atoms with E-state index in [1.165, 1.54) is 6.07 Å². The highest BCUT2D eigenvalue weighted by molar-refractivity contribution is 5.93. The minimum Gasteiger partial charge on any atom is -0.489 e. The number of benzene rings is 2. The van der Waals surface area contributed by atoms with Crippen LogP contribution in [-0.2, 0) is 19.7 Å². The van der Waals surface area contributed by atoms with Crippen LogP contribution < -0.4 is 15.6 Å². The molecule has 0 atom stereocenters. The van der Waals surface area contributed by atoms with Crippen LogP contribution in [0.3, 0.4) is 0 Å². The van der Waals surface area contributed by atoms with Gasteiger partial charge in [-0.3, -0.25) is 9.59 Å². The molecule has 1 heterocycles. The van der Waals surface area contributed by atoms with Gasteiger partial charge in [-0.2, -0.15) is 0 Å². The molecule has 1 aromatic heterocycles. The van der Waals surface area contributed by atoms with E-state index in [1.54, 1.807) is 16.8 Å². The zero-order valence-electron chi connectivity index (χ0n) is 15.2. The van der Waals surface area contributed by atoms with Crippen molar-refractivity contribution in [3.8, 4) is 5.75 Å². The molecule has 0 aliphatic heterocycles. The number of amides is 1. The first kappa shape index (κ1) is 18.5. The average Bonchev–Trinajstić information content (AvgIpc) is 2.71. The summed E-state index contributed by atoms with van der Waals surface area (Å²) in [7, 11) is 0. The molecule has 0 saturated heterocycles. The van der Waals surface area contributed by atoms with Gasteiger partial charge < -0.3 is 14.6 Å². The molecule has 3 rings (SSSR count). The van der Waals surface area contributed by atoms with Gasteiger partial charge in [0.25, 0.3) is 11.5 Å². The fourth-order valence-electron chi connectivity index (χ4n) is 2.71. The number of carbonyl (C=O) groups excluding carboxylic acids is 1. The zero-order chi connectivity index (χ0) is 19.1. The first-order valence-electron chi connectivity index (χ1n) is 8.90. The normalized spacial score (nSPS) is 10.4. The standard InChI is InChI=1S/C22H22N2O3/c1-2-24-13-12-18(14-21(24)25)22(26)23-15-19-10-6-7-11-20(19)27-16-17-8-4-3-5-9-17/h3-14H,2,15-16H2,1H3,(H,23,26). The summed E-state index contributed by atoms with van der Waals surface area (Å²) in [5.74, 6) is 0.441. The minimum absolute atomic E-state index is 0.184. The molecule has 138 valence electrons. The second-order valence-electron chi connectivity index (χ2n) is 6.10. The lowest BCUT2D eigenvalue weighted by Crippen LogP contribution is -2.26. The molecule has 5 nitrogen and oxygen atoms in total. The Balaban J connectivity index is 1.65. The van der Waals surface area contributed by atoms with Crippen molar-refractivity contribution in [1.82, 2.24) is 9.88 Å². The van der Waals surface area contributed by atoms with Crippen LogP contribution in [0, 0.1) is 0 Å². The number of nitrogens with one attached hydrogen (secondary N) is 1. The van der Waals surface area contributed by atoms with Gasteiger partial charge in [-0.1, -0.05) is 48.5 Å². The van der Waals surface area contributed by atoms with E-state index in [-0.39, 0.29) is 11.5 Å². The van der Waals surface area contributed by atoms with E-state index in [0.717, 1.165) is 16.9 Å². The Morgan fingerprint density at radius 3 is 2.52 bits per heavy atom. The van der Waals surface area contributed by atoms with Crippen LogP contribution in [0.4, 0.5) is 0 Å². The third-order valence-corrected chi connectivity index (χ3v) is 4.25. The second kappa shape index (κ2) is 8.85. The molecule has 2 aromatic carbocycles. The molecule has 0 bridgehead atoms. The van der Waals surface area contributed by atoms with Crippen LogP contribution in [-0.4, -0.2) is 10.5 Å². The number of hydrogen-bond donors (Lipinski definition) is 1. The number of carbonyl (C=O) groups is 1. The van der Waals surface area contributed by atoms with Crippen molar-refractivity contribution < 1.29 is 9.53 Å². The molecule has 0 spiro atoms. The van der Waals surface area contributed by atoms with Crippen molar-refractivity contribution in [1.29, 1.82) is 0 Å². The topological polar surface area (TPSA) is 60.3 Å². The van der Waals surface area contributed by atoms with E-state index in [4.69, 9.17) is 4.74 Å². The monoisotopic (exact) mass is 362 g/mol. The van der Waals surface area contributed by atoms with E-state index in [2.05, 4.69) is 5.32 Å². The van der Waals surface area contributed by atoms with Gasteiger partial charge in [0.15, 0.2) is 0 Å². The van der Waals surface area contributed by atoms with Gasteiger partial charge in [0, 0.05) is 36.5 Å². The number of rotatable bonds is 7. The predicted molar refractivity (Wildman–Crippen MR) is 105 cm³/mol. The van der Waals surface area contributed by atoms with Crippen LogP contribution in [0.25, 0.3) is 0 Å². The maximum Gasteiger partial charge on any atom is 0.251 e. The van der Waals surface area contributed by atoms with Crippen LogP contribution >= 0.6 is 0 Å². The average molecular weight is 362 g/mol. The molecule has 3 aromatic rings. The largest absolute Gasteiger partial charge is 0.489 e. The van der Waals surface area contributed by atoms with Crippen LogP contribution in [0.2, 0.25) is 0 Å². The Bertz CT molecular complexity index is 965. The third-order valence-electron chi connectivity index (χ3n) is 4.25. The molecule has 1 N–H and O–H groups in total. The van der Waals surface area contributed by atoms with Crippen molar-refractivity contribution in [3.05, 3.63) is 100.0 Å². The van der Waals surface area contributed by atoms with Crippen LogP contribution in [0.15, 0.2) is 77.7 Å². The summed E-state index contributed by atoms with van der Waals surface area (Å²) in [6, 6.07) is 20.5. The van der Waals surface area contributed by atoms with Crippen molar-refractivity contribution >= 4 is 5.91 Å². The van der Waals surface area contributed by atoms with Crippen LogP contribution in [0.1, 0.15) is 28.4 Å². The van der Waals surface area contributed by atoms with Gasteiger partial charge in [0.1, 0.15) is 12.4 Å². The van der Waals surface area contributed by atoms with Gasteiger partial charge in [-0.25, -0.2) is 0 Å². The summed E-state index contributed by atoms with van der Waals surface area (Å²) in [6.07, 6.45) is 1.63. The van der Waals surface area contributed by atoms with E-state index < -0.39 is 0 Å². The number of hydrogen-bond acceptors (Lipinski definition) is 3. The van der Waals surface area contributed by atoms with Crippen molar-refractivity contribution in [2.75, 3.05) is 0 Å². The number of para-hydroxylation sites is 1. The Morgan fingerprint density at radius 1 is 1.04 bits per heavy atom. The Labute approximate surface area is 158 Å². The molecular weight excluding hydrogens is 340 g/mol. The fraction of sp³-hybridized carbons (Fsp3) is 0.182. The fourth-order valence-corrected chi connectivity index (χ4v) is 2.71. The number of ether oxygens (including phenoxy) is 1. The lowest BCUT2D eigenvalue weighted by atomic mass is 10.2. The quantitative estimate of drug-likeness (QED) is 0.701. The highest BCUT2D eigenvalue weighted by atomic mass is 16.5. The first-order valence-corrected chi connectivity index (χ1v) is 8.90. The maximum absolute atomic E-state index is 12.4. The second-order valence-corrected chi connectivity index (χ2v) is 6.10. The molecule has 1 amide bonds. The van der Waals surface area contributed by atoms with Gasteiger partial charge in [0.2, 0.25) is 0 Å². The summed E-state index contributed by atoms with van der Waals surface area (Å²) in [5.41, 5.74) is 2.13. The van der Waals surface area contributed by atoms with Gasteiger partial charge >= 0.3 is 0 Å². The smallest absolute Gasteiger partial charge is 0.251 e. The Morgan fingerprint density at radius 2 is 1.78 bits per heavy atom. The molecule has 5 heteroatoms. The summed E-state index contributed by atoms with van der Waals surface area (Å²) in [5, 5.41) is 2.85. The summed E-state index contributed by atoms with van der Waals surface area (Å²) in [4.78, 5) is 24.2. The molecule has 0 radical (unpaired) electrons. The van der Waals surface area contributed by atoms with E-state index in [0.29, 0.717) is 25.3 Å². The molecule has 0 saturated carbocycles. The maximum atomic E-state index is 12.4. The van der Waals surface area contributed by atoms with Gasteiger partial charge in [-0.15, -0.1) is 0 Å². The highest BCUT2D eigenvalue weighted by Gasteiger charge is 2.09. The minimum atomic E-state index is -0.284. The zero-order valence-corrected chi connectivity index (χ0v) is 15.2. The SMILES string of the molecule is CCn1ccc(C(=O)NCc2ccccc2OCc2ccccc2)cc1=O. The summed E-state index contributed by atoms with van der Waals surface area (Å²) >= 11 is 0. The number of pyridine rings is 1. The number of aromatic nitrogens is 1. The van der Waals surface area contributed by atoms with E-state index >= 15 is 0 Å². The number of nitrogens with zero attached hydrogens (tertiary/aromatic N) is 1. The van der Waals surface area contributed by atoms with Crippen molar-refractivity contribution in [2.45, 2.75) is 26.6 Å². The lowest BCUT2D eigenvalue weighted by molar-refractivity contribution is 0.0950. The van der Waals surface area contributed by atoms with E-state index in [1.807, 2.05) is 61.5 Å². The molecule has 0 fully saturated rings. The molecule has 27 heavy (non-hydrogen) atoms. The molecule has 0 unspecified atom stereocenters. The Kier molecular flexibility index (Phi) is 6.05. The lowest BCUT2D eigenvalue weighted by Gasteiger charge is -2.12. The highest BCUT2D eigenvalue weighted by Crippen LogP contribution is 2.19. The van der Waals surface area contributed by atoms with E-state index in [9.17, 15) is 9.59 Å². The Hall–Kier alpha value is -3.34. The first-order chi connectivity index (χ1) is 13.2. The predicted octanol–water partition coefficient (Wildman–Crippen LogP) is 3.38. The molecular formula is C22H22N2O3. The van der Waals surface area contributed by atoms with Gasteiger partial charge in [-0.05, 0) is 24.6 Å². The molecule has 0 aliphatic rings. The summed E-state index contributed by atoms with van der Waals surface area (Å²) in [6.45, 7) is 3.24. The van der Waals surface area contributed by atoms with Crippen LogP contribution in [0.5, 0.6) is 5.75 Å². The van der Waals surface area contributed by atoms with Gasteiger partial charge in [0.05, 0.1) is 0 Å². The van der Waals surface area contributed by atoms with Crippen molar-refractivity contribution in [2.24, 2.45) is 0 Å². The van der Waals surface area contributed by atoms with Crippen molar-refractivity contribution in [3.63, 3.8) is 0 Å². The third kappa shape index (κ3) is 4.85. The number of aryl methyl sites for hydroxylation is 1.